The first-order valence-corrected chi connectivity index (χ1v) is 6.13. The van der Waals surface area contributed by atoms with Crippen molar-refractivity contribution in [1.82, 2.24) is 4.72 Å². The molecule has 0 saturated carbocycles. The Bertz CT molecular complexity index is 491. The minimum atomic E-state index is -3.62. The zero-order valence-corrected chi connectivity index (χ0v) is 9.46. The summed E-state index contributed by atoms with van der Waals surface area (Å²) in [5.41, 5.74) is 0.634. The maximum absolute atomic E-state index is 12.6. The van der Waals surface area contributed by atoms with Crippen molar-refractivity contribution >= 4 is 10.0 Å². The molecule has 1 rings (SSSR count). The summed E-state index contributed by atoms with van der Waals surface area (Å²) in [7, 11) is -3.62. The average molecular weight is 242 g/mol. The number of benzene rings is 1. The largest absolute Gasteiger partial charge is 0.227 e. The van der Waals surface area contributed by atoms with E-state index in [9.17, 15) is 12.8 Å². The molecule has 0 amide bonds. The molecule has 0 aromatic heterocycles. The lowest BCUT2D eigenvalue weighted by molar-refractivity contribution is 0.576. The van der Waals surface area contributed by atoms with Gasteiger partial charge in [0.2, 0.25) is 10.0 Å². The fourth-order valence-corrected chi connectivity index (χ4v) is 1.74. The van der Waals surface area contributed by atoms with Crippen LogP contribution in [-0.2, 0) is 16.6 Å². The highest BCUT2D eigenvalue weighted by atomic mass is 32.2. The normalized spacial score (nSPS) is 13.1. The summed E-state index contributed by atoms with van der Waals surface area (Å²) in [5, 5.41) is 7.38. The van der Waals surface area contributed by atoms with Crippen LogP contribution in [0.3, 0.4) is 0 Å². The van der Waals surface area contributed by atoms with Crippen LogP contribution in [0.15, 0.2) is 24.3 Å². The van der Waals surface area contributed by atoms with E-state index in [1.807, 2.05) is 0 Å². The molecule has 0 bridgehead atoms. The summed E-state index contributed by atoms with van der Waals surface area (Å²) >= 11 is 0. The second-order valence-corrected chi connectivity index (χ2v) is 5.35. The van der Waals surface area contributed by atoms with Gasteiger partial charge < -0.3 is 0 Å². The van der Waals surface area contributed by atoms with E-state index < -0.39 is 15.3 Å². The van der Waals surface area contributed by atoms with Gasteiger partial charge in [0.05, 0.1) is 6.07 Å². The Morgan fingerprint density at radius 2 is 2.00 bits per heavy atom. The molecule has 0 radical (unpaired) electrons. The maximum Gasteiger partial charge on any atom is 0.227 e. The molecule has 1 atom stereocenters. The Morgan fingerprint density at radius 1 is 1.44 bits per heavy atom. The molecule has 1 aromatic carbocycles. The minimum absolute atomic E-state index is 0.0502. The summed E-state index contributed by atoms with van der Waals surface area (Å²) in [6.07, 6.45) is 0. The standard InChI is InChI=1S/C10H11FN2O2S/c1-8(6-12)16(14,15)13-7-9-2-4-10(11)5-3-9/h2-5,8,13H,7H2,1H3. The lowest BCUT2D eigenvalue weighted by Crippen LogP contribution is -2.31. The van der Waals surface area contributed by atoms with E-state index in [-0.39, 0.29) is 12.4 Å². The van der Waals surface area contributed by atoms with E-state index in [1.165, 1.54) is 31.2 Å². The first-order valence-electron chi connectivity index (χ1n) is 4.58. The third kappa shape index (κ3) is 3.29. The summed E-state index contributed by atoms with van der Waals surface area (Å²) in [4.78, 5) is 0. The molecular weight excluding hydrogens is 231 g/mol. The van der Waals surface area contributed by atoms with Crippen LogP contribution in [0.1, 0.15) is 12.5 Å². The van der Waals surface area contributed by atoms with Crippen molar-refractivity contribution in [2.75, 3.05) is 0 Å². The number of nitrogens with zero attached hydrogens (tertiary/aromatic N) is 1. The van der Waals surface area contributed by atoms with Crippen LogP contribution in [-0.4, -0.2) is 13.7 Å². The Kier molecular flexibility index (Phi) is 3.99. The molecule has 4 nitrogen and oxygen atoms in total. The van der Waals surface area contributed by atoms with E-state index in [1.54, 1.807) is 6.07 Å². The number of halogens is 1. The Hall–Kier alpha value is -1.45. The lowest BCUT2D eigenvalue weighted by atomic mass is 10.2. The van der Waals surface area contributed by atoms with Crippen molar-refractivity contribution in [3.63, 3.8) is 0 Å². The second-order valence-electron chi connectivity index (χ2n) is 3.26. The highest BCUT2D eigenvalue weighted by molar-refractivity contribution is 7.90. The second kappa shape index (κ2) is 5.05. The van der Waals surface area contributed by atoms with Gasteiger partial charge in [-0.15, -0.1) is 0 Å². The van der Waals surface area contributed by atoms with Gasteiger partial charge in [-0.3, -0.25) is 0 Å². The molecule has 1 unspecified atom stereocenters. The van der Waals surface area contributed by atoms with Gasteiger partial charge in [-0.05, 0) is 24.6 Å². The molecule has 16 heavy (non-hydrogen) atoms. The summed E-state index contributed by atoms with van der Waals surface area (Å²) in [6.45, 7) is 1.35. The minimum Gasteiger partial charge on any atom is -0.211 e. The molecule has 0 saturated heterocycles. The van der Waals surface area contributed by atoms with Crippen LogP contribution in [0.5, 0.6) is 0 Å². The van der Waals surface area contributed by atoms with Gasteiger partial charge in [-0.25, -0.2) is 17.5 Å². The van der Waals surface area contributed by atoms with E-state index in [0.717, 1.165) is 0 Å². The number of sulfonamides is 1. The van der Waals surface area contributed by atoms with Crippen molar-refractivity contribution in [2.24, 2.45) is 0 Å². The quantitative estimate of drug-likeness (QED) is 0.861. The fourth-order valence-electron chi connectivity index (χ4n) is 0.981. The summed E-state index contributed by atoms with van der Waals surface area (Å²) in [5.74, 6) is -0.378. The molecule has 0 fully saturated rings. The maximum atomic E-state index is 12.6. The van der Waals surface area contributed by atoms with Crippen LogP contribution >= 0.6 is 0 Å². The van der Waals surface area contributed by atoms with Crippen LogP contribution < -0.4 is 4.72 Å². The highest BCUT2D eigenvalue weighted by Crippen LogP contribution is 2.04. The average Bonchev–Trinajstić information content (AvgIpc) is 2.27. The van der Waals surface area contributed by atoms with E-state index >= 15 is 0 Å². The van der Waals surface area contributed by atoms with Crippen molar-refractivity contribution < 1.29 is 12.8 Å². The lowest BCUT2D eigenvalue weighted by Gasteiger charge is -2.07. The highest BCUT2D eigenvalue weighted by Gasteiger charge is 2.19. The van der Waals surface area contributed by atoms with E-state index in [2.05, 4.69) is 4.72 Å². The number of nitriles is 1. The van der Waals surface area contributed by atoms with Gasteiger partial charge in [0, 0.05) is 6.54 Å². The third-order valence-corrected chi connectivity index (χ3v) is 3.62. The van der Waals surface area contributed by atoms with Crippen molar-refractivity contribution in [3.8, 4) is 6.07 Å². The summed E-state index contributed by atoms with van der Waals surface area (Å²) < 4.78 is 37.6. The topological polar surface area (TPSA) is 70.0 Å². The molecule has 0 aliphatic heterocycles. The van der Waals surface area contributed by atoms with Crippen molar-refractivity contribution in [3.05, 3.63) is 35.6 Å². The number of nitrogens with one attached hydrogen (secondary N) is 1. The van der Waals surface area contributed by atoms with Crippen LogP contribution in [0.4, 0.5) is 4.39 Å². The monoisotopic (exact) mass is 242 g/mol. The number of rotatable bonds is 4. The Balaban J connectivity index is 2.66. The molecule has 0 aliphatic carbocycles. The molecule has 6 heteroatoms. The zero-order valence-electron chi connectivity index (χ0n) is 8.64. The first-order chi connectivity index (χ1) is 7.45. The number of hydrogen-bond donors (Lipinski definition) is 1. The van der Waals surface area contributed by atoms with Gasteiger partial charge in [-0.1, -0.05) is 12.1 Å². The molecule has 0 spiro atoms. The molecule has 1 aromatic rings. The van der Waals surface area contributed by atoms with Gasteiger partial charge in [-0.2, -0.15) is 5.26 Å². The third-order valence-electron chi connectivity index (χ3n) is 2.04. The van der Waals surface area contributed by atoms with Crippen LogP contribution in [0, 0.1) is 17.1 Å². The fraction of sp³-hybridized carbons (Fsp3) is 0.300. The molecule has 1 N–H and O–H groups in total. The van der Waals surface area contributed by atoms with E-state index in [0.29, 0.717) is 5.56 Å². The van der Waals surface area contributed by atoms with Crippen LogP contribution in [0.2, 0.25) is 0 Å². The van der Waals surface area contributed by atoms with Gasteiger partial charge in [0.1, 0.15) is 5.82 Å². The SMILES string of the molecule is CC(C#N)S(=O)(=O)NCc1ccc(F)cc1. The molecular formula is C10H11FN2O2S. The van der Waals surface area contributed by atoms with E-state index in [4.69, 9.17) is 5.26 Å². The van der Waals surface area contributed by atoms with Crippen molar-refractivity contribution in [1.29, 1.82) is 5.26 Å². The Morgan fingerprint density at radius 3 is 2.50 bits per heavy atom. The Labute approximate surface area is 93.8 Å². The molecule has 0 heterocycles. The molecule has 0 aliphatic rings. The van der Waals surface area contributed by atoms with Gasteiger partial charge >= 0.3 is 0 Å². The predicted molar refractivity (Wildman–Crippen MR) is 57.2 cm³/mol. The van der Waals surface area contributed by atoms with Crippen molar-refractivity contribution in [2.45, 2.75) is 18.7 Å². The van der Waals surface area contributed by atoms with Gasteiger partial charge in [0.25, 0.3) is 0 Å². The van der Waals surface area contributed by atoms with Gasteiger partial charge in [0.15, 0.2) is 5.25 Å². The summed E-state index contributed by atoms with van der Waals surface area (Å²) in [6, 6.07) is 7.10. The predicted octanol–water partition coefficient (Wildman–Crippen LogP) is 1.16. The van der Waals surface area contributed by atoms with Crippen LogP contribution in [0.25, 0.3) is 0 Å². The zero-order chi connectivity index (χ0) is 12.2. The first kappa shape index (κ1) is 12.6. The molecule has 86 valence electrons. The number of hydrogen-bond acceptors (Lipinski definition) is 3. The smallest absolute Gasteiger partial charge is 0.211 e.